The van der Waals surface area contributed by atoms with Gasteiger partial charge in [0, 0.05) is 5.56 Å². The second-order valence-electron chi connectivity index (χ2n) is 3.05. The molecule has 16 heavy (non-hydrogen) atoms. The number of carbonyl (C=O) groups is 2. The molecule has 0 aromatic heterocycles. The van der Waals surface area contributed by atoms with Gasteiger partial charge in [-0.1, -0.05) is 12.1 Å². The Bertz CT molecular complexity index is 426. The molecule has 0 aliphatic carbocycles. The molecule has 1 amide bonds. The van der Waals surface area contributed by atoms with Crippen molar-refractivity contribution in [1.82, 2.24) is 0 Å². The van der Waals surface area contributed by atoms with Crippen LogP contribution in [0.1, 0.15) is 17.3 Å². The Kier molecular flexibility index (Phi) is 3.31. The Morgan fingerprint density at radius 3 is 2.25 bits per heavy atom. The zero-order chi connectivity index (χ0) is 12.3. The van der Waals surface area contributed by atoms with Gasteiger partial charge in [-0.15, -0.1) is 0 Å². The molecule has 1 aromatic rings. The van der Waals surface area contributed by atoms with Crippen LogP contribution in [0.3, 0.4) is 0 Å². The number of halogens is 3. The fourth-order valence-corrected chi connectivity index (χ4v) is 1.09. The minimum atomic E-state index is -4.97. The first-order valence-corrected chi connectivity index (χ1v) is 4.30. The summed E-state index contributed by atoms with van der Waals surface area (Å²) in [6.07, 6.45) is -4.97. The van der Waals surface area contributed by atoms with Crippen molar-refractivity contribution in [3.63, 3.8) is 0 Å². The number of Topliss-reactive ketones (excluding diaryl/α,β-unsaturated/α-hetero) is 1. The van der Waals surface area contributed by atoms with Crippen molar-refractivity contribution in [2.24, 2.45) is 0 Å². The first kappa shape index (κ1) is 12.2. The van der Waals surface area contributed by atoms with Crippen molar-refractivity contribution in [1.29, 1.82) is 0 Å². The third-order valence-corrected chi connectivity index (χ3v) is 1.81. The second kappa shape index (κ2) is 4.34. The molecule has 0 radical (unpaired) electrons. The standard InChI is InChI=1S/C10H8F3NO2/c1-6(15)7-4-2-3-5-8(7)14-9(16)10(11,12)13/h2-5H,1H3,(H,14,16). The molecule has 0 saturated carbocycles. The van der Waals surface area contributed by atoms with E-state index in [1.165, 1.54) is 31.2 Å². The van der Waals surface area contributed by atoms with Gasteiger partial charge in [0.2, 0.25) is 0 Å². The number of hydrogen-bond donors (Lipinski definition) is 1. The lowest BCUT2D eigenvalue weighted by Gasteiger charge is -2.10. The van der Waals surface area contributed by atoms with Gasteiger partial charge in [-0.2, -0.15) is 13.2 Å². The summed E-state index contributed by atoms with van der Waals surface area (Å²) in [6.45, 7) is 1.21. The Labute approximate surface area is 89.3 Å². The predicted octanol–water partition coefficient (Wildman–Crippen LogP) is 2.39. The van der Waals surface area contributed by atoms with Gasteiger partial charge in [0.25, 0.3) is 0 Å². The molecule has 0 atom stereocenters. The summed E-state index contributed by atoms with van der Waals surface area (Å²) in [7, 11) is 0. The van der Waals surface area contributed by atoms with Gasteiger partial charge in [0.15, 0.2) is 5.78 Å². The summed E-state index contributed by atoms with van der Waals surface area (Å²) >= 11 is 0. The molecule has 6 heteroatoms. The van der Waals surface area contributed by atoms with Crippen LogP contribution in [-0.2, 0) is 4.79 Å². The van der Waals surface area contributed by atoms with Crippen LogP contribution in [0.25, 0.3) is 0 Å². The van der Waals surface area contributed by atoms with E-state index in [4.69, 9.17) is 0 Å². The van der Waals surface area contributed by atoms with Gasteiger partial charge in [0.1, 0.15) is 0 Å². The summed E-state index contributed by atoms with van der Waals surface area (Å²) in [5, 5.41) is 1.65. The molecule has 0 aliphatic rings. The molecule has 0 unspecified atom stereocenters. The minimum absolute atomic E-state index is 0.0418. The number of anilines is 1. The number of carbonyl (C=O) groups excluding carboxylic acids is 2. The molecule has 3 nitrogen and oxygen atoms in total. The maximum absolute atomic E-state index is 12.0. The van der Waals surface area contributed by atoms with Crippen LogP contribution in [0.5, 0.6) is 0 Å². The quantitative estimate of drug-likeness (QED) is 0.794. The summed E-state index contributed by atoms with van der Waals surface area (Å²) < 4.78 is 35.9. The number of para-hydroxylation sites is 1. The molecular formula is C10H8F3NO2. The number of nitrogens with one attached hydrogen (secondary N) is 1. The van der Waals surface area contributed by atoms with Crippen LogP contribution >= 0.6 is 0 Å². The summed E-state index contributed by atoms with van der Waals surface area (Å²) in [4.78, 5) is 21.7. The molecule has 1 N–H and O–H groups in total. The maximum Gasteiger partial charge on any atom is 0.471 e. The van der Waals surface area contributed by atoms with Gasteiger partial charge in [-0.3, -0.25) is 9.59 Å². The highest BCUT2D eigenvalue weighted by Gasteiger charge is 2.39. The van der Waals surface area contributed by atoms with E-state index < -0.39 is 17.9 Å². The summed E-state index contributed by atoms with van der Waals surface area (Å²) in [6, 6.07) is 5.51. The Balaban J connectivity index is 2.98. The molecule has 86 valence electrons. The molecule has 0 spiro atoms. The molecule has 0 saturated heterocycles. The van der Waals surface area contributed by atoms with E-state index in [9.17, 15) is 22.8 Å². The van der Waals surface area contributed by atoms with Crippen molar-refractivity contribution in [2.45, 2.75) is 13.1 Å². The van der Waals surface area contributed by atoms with Crippen LogP contribution in [0.2, 0.25) is 0 Å². The Morgan fingerprint density at radius 2 is 1.75 bits per heavy atom. The average Bonchev–Trinajstić information content (AvgIpc) is 2.16. The van der Waals surface area contributed by atoms with E-state index in [1.54, 1.807) is 5.32 Å². The van der Waals surface area contributed by atoms with Crippen molar-refractivity contribution < 1.29 is 22.8 Å². The fourth-order valence-electron chi connectivity index (χ4n) is 1.09. The molecular weight excluding hydrogens is 223 g/mol. The van der Waals surface area contributed by atoms with Gasteiger partial charge >= 0.3 is 12.1 Å². The van der Waals surface area contributed by atoms with Crippen molar-refractivity contribution in [3.05, 3.63) is 29.8 Å². The van der Waals surface area contributed by atoms with Crippen molar-refractivity contribution in [2.75, 3.05) is 5.32 Å². The highest BCUT2D eigenvalue weighted by molar-refractivity contribution is 6.04. The van der Waals surface area contributed by atoms with Crippen LogP contribution in [0, 0.1) is 0 Å². The molecule has 0 bridgehead atoms. The third kappa shape index (κ3) is 2.82. The predicted molar refractivity (Wildman–Crippen MR) is 51.1 cm³/mol. The lowest BCUT2D eigenvalue weighted by molar-refractivity contribution is -0.167. The summed E-state index contributed by atoms with van der Waals surface area (Å²) in [5.41, 5.74) is -0.0996. The van der Waals surface area contributed by atoms with Crippen LogP contribution in [0.15, 0.2) is 24.3 Å². The second-order valence-corrected chi connectivity index (χ2v) is 3.05. The van der Waals surface area contributed by atoms with Crippen molar-refractivity contribution in [3.8, 4) is 0 Å². The van der Waals surface area contributed by atoms with Crippen LogP contribution in [-0.4, -0.2) is 17.9 Å². The smallest absolute Gasteiger partial charge is 0.318 e. The van der Waals surface area contributed by atoms with E-state index in [0.717, 1.165) is 0 Å². The molecule has 1 rings (SSSR count). The topological polar surface area (TPSA) is 46.2 Å². The monoisotopic (exact) mass is 231 g/mol. The maximum atomic E-state index is 12.0. The van der Waals surface area contributed by atoms with E-state index in [0.29, 0.717) is 0 Å². The van der Waals surface area contributed by atoms with E-state index in [2.05, 4.69) is 0 Å². The number of hydrogen-bond acceptors (Lipinski definition) is 2. The van der Waals surface area contributed by atoms with Crippen LogP contribution < -0.4 is 5.32 Å². The average molecular weight is 231 g/mol. The molecule has 0 heterocycles. The SMILES string of the molecule is CC(=O)c1ccccc1NC(=O)C(F)(F)F. The number of alkyl halides is 3. The van der Waals surface area contributed by atoms with E-state index >= 15 is 0 Å². The van der Waals surface area contributed by atoms with Gasteiger partial charge < -0.3 is 5.32 Å². The van der Waals surface area contributed by atoms with E-state index in [1.807, 2.05) is 0 Å². The minimum Gasteiger partial charge on any atom is -0.318 e. The van der Waals surface area contributed by atoms with Crippen LogP contribution in [0.4, 0.5) is 18.9 Å². The lowest BCUT2D eigenvalue weighted by Crippen LogP contribution is -2.30. The Hall–Kier alpha value is -1.85. The highest BCUT2D eigenvalue weighted by Crippen LogP contribution is 2.21. The molecule has 1 aromatic carbocycles. The number of amides is 1. The Morgan fingerprint density at radius 1 is 1.19 bits per heavy atom. The number of benzene rings is 1. The highest BCUT2D eigenvalue weighted by atomic mass is 19.4. The lowest BCUT2D eigenvalue weighted by atomic mass is 10.1. The van der Waals surface area contributed by atoms with Crippen molar-refractivity contribution >= 4 is 17.4 Å². The van der Waals surface area contributed by atoms with E-state index in [-0.39, 0.29) is 11.3 Å². The fraction of sp³-hybridized carbons (Fsp3) is 0.200. The molecule has 0 fully saturated rings. The zero-order valence-corrected chi connectivity index (χ0v) is 8.26. The van der Waals surface area contributed by atoms with Gasteiger partial charge in [-0.05, 0) is 19.1 Å². The van der Waals surface area contributed by atoms with Gasteiger partial charge in [-0.25, -0.2) is 0 Å². The number of rotatable bonds is 2. The van der Waals surface area contributed by atoms with Gasteiger partial charge in [0.05, 0.1) is 5.69 Å². The number of ketones is 1. The first-order chi connectivity index (χ1) is 7.32. The normalized spacial score (nSPS) is 11.0. The summed E-state index contributed by atoms with van der Waals surface area (Å²) in [5.74, 6) is -2.51. The first-order valence-electron chi connectivity index (χ1n) is 4.30. The third-order valence-electron chi connectivity index (χ3n) is 1.81. The largest absolute Gasteiger partial charge is 0.471 e. The zero-order valence-electron chi connectivity index (χ0n) is 8.26. The molecule has 0 aliphatic heterocycles.